The van der Waals surface area contributed by atoms with Crippen molar-refractivity contribution in [3.63, 3.8) is 0 Å². The number of rotatable bonds is 4. The zero-order valence-electron chi connectivity index (χ0n) is 10.3. The van der Waals surface area contributed by atoms with Gasteiger partial charge in [-0.15, -0.1) is 11.3 Å². The van der Waals surface area contributed by atoms with Crippen LogP contribution >= 0.6 is 11.3 Å². The van der Waals surface area contributed by atoms with Crippen molar-refractivity contribution < 1.29 is 0 Å². The smallest absolute Gasteiger partial charge is 0.109 e. The molecule has 2 heterocycles. The molecule has 16 heavy (non-hydrogen) atoms. The van der Waals surface area contributed by atoms with Gasteiger partial charge in [0.1, 0.15) is 5.01 Å². The molecular weight excluding hydrogens is 218 g/mol. The van der Waals surface area contributed by atoms with Crippen molar-refractivity contribution >= 4 is 11.3 Å². The monoisotopic (exact) mass is 239 g/mol. The molecule has 0 radical (unpaired) electrons. The molecule has 0 spiro atoms. The molecular formula is C12H21N3S. The Bertz CT molecular complexity index is 337. The summed E-state index contributed by atoms with van der Waals surface area (Å²) >= 11 is 1.79. The van der Waals surface area contributed by atoms with Gasteiger partial charge in [-0.1, -0.05) is 6.92 Å². The van der Waals surface area contributed by atoms with E-state index in [1.807, 2.05) is 6.20 Å². The SMILES string of the molecule is Cc1cnc(C(C)NC[C@@H]2CNC[C@H]2C)s1. The first-order valence-corrected chi connectivity index (χ1v) is 6.85. The molecule has 2 N–H and O–H groups in total. The third kappa shape index (κ3) is 2.81. The van der Waals surface area contributed by atoms with Crippen LogP contribution in [-0.4, -0.2) is 24.6 Å². The molecule has 1 saturated heterocycles. The van der Waals surface area contributed by atoms with Crippen LogP contribution in [0.4, 0.5) is 0 Å². The van der Waals surface area contributed by atoms with Crippen LogP contribution in [0.5, 0.6) is 0 Å². The molecule has 90 valence electrons. The van der Waals surface area contributed by atoms with Crippen molar-refractivity contribution in [2.75, 3.05) is 19.6 Å². The Balaban J connectivity index is 1.81. The number of nitrogens with zero attached hydrogens (tertiary/aromatic N) is 1. The molecule has 0 bridgehead atoms. The Labute approximate surface area is 102 Å². The van der Waals surface area contributed by atoms with E-state index in [1.54, 1.807) is 11.3 Å². The minimum atomic E-state index is 0.381. The van der Waals surface area contributed by atoms with Crippen LogP contribution in [0.3, 0.4) is 0 Å². The van der Waals surface area contributed by atoms with Gasteiger partial charge in [0.15, 0.2) is 0 Å². The average molecular weight is 239 g/mol. The van der Waals surface area contributed by atoms with Crippen LogP contribution in [0.25, 0.3) is 0 Å². The number of aromatic nitrogens is 1. The van der Waals surface area contributed by atoms with Gasteiger partial charge < -0.3 is 10.6 Å². The topological polar surface area (TPSA) is 37.0 Å². The third-order valence-corrected chi connectivity index (χ3v) is 4.47. The van der Waals surface area contributed by atoms with Crippen molar-refractivity contribution in [1.82, 2.24) is 15.6 Å². The summed E-state index contributed by atoms with van der Waals surface area (Å²) in [4.78, 5) is 5.71. The van der Waals surface area contributed by atoms with E-state index in [2.05, 4.69) is 36.4 Å². The number of aryl methyl sites for hydroxylation is 1. The molecule has 0 aliphatic carbocycles. The zero-order chi connectivity index (χ0) is 11.5. The van der Waals surface area contributed by atoms with Crippen molar-refractivity contribution in [2.24, 2.45) is 11.8 Å². The van der Waals surface area contributed by atoms with Gasteiger partial charge in [0.05, 0.1) is 6.04 Å². The summed E-state index contributed by atoms with van der Waals surface area (Å²) in [5, 5.41) is 8.23. The highest BCUT2D eigenvalue weighted by Crippen LogP contribution is 2.20. The Morgan fingerprint density at radius 3 is 3.00 bits per heavy atom. The normalized spacial score (nSPS) is 27.2. The van der Waals surface area contributed by atoms with Gasteiger partial charge in [-0.3, -0.25) is 0 Å². The maximum Gasteiger partial charge on any atom is 0.109 e. The van der Waals surface area contributed by atoms with Crippen molar-refractivity contribution in [3.05, 3.63) is 16.1 Å². The molecule has 3 atom stereocenters. The molecule has 1 fully saturated rings. The number of thiazole rings is 1. The van der Waals surface area contributed by atoms with Crippen LogP contribution < -0.4 is 10.6 Å². The van der Waals surface area contributed by atoms with E-state index in [-0.39, 0.29) is 0 Å². The van der Waals surface area contributed by atoms with Gasteiger partial charge >= 0.3 is 0 Å². The quantitative estimate of drug-likeness (QED) is 0.843. The summed E-state index contributed by atoms with van der Waals surface area (Å²) in [7, 11) is 0. The molecule has 3 nitrogen and oxygen atoms in total. The molecule has 1 aromatic heterocycles. The average Bonchev–Trinajstić information content (AvgIpc) is 2.84. The van der Waals surface area contributed by atoms with Gasteiger partial charge in [0.25, 0.3) is 0 Å². The standard InChI is InChI=1S/C12H21N3S/c1-8-4-13-6-11(8)7-14-10(3)12-15-5-9(2)16-12/h5,8,10-11,13-14H,4,6-7H2,1-3H3/t8-,10?,11+/m1/s1. The molecule has 1 aliphatic rings. The lowest BCUT2D eigenvalue weighted by Crippen LogP contribution is -2.29. The maximum absolute atomic E-state index is 4.42. The molecule has 4 heteroatoms. The molecule has 0 saturated carbocycles. The van der Waals surface area contributed by atoms with E-state index in [9.17, 15) is 0 Å². The van der Waals surface area contributed by atoms with Crippen LogP contribution in [0.1, 0.15) is 29.8 Å². The second-order valence-electron chi connectivity index (χ2n) is 4.83. The number of hydrogen-bond acceptors (Lipinski definition) is 4. The minimum absolute atomic E-state index is 0.381. The fourth-order valence-corrected chi connectivity index (χ4v) is 2.93. The van der Waals surface area contributed by atoms with Gasteiger partial charge in [0, 0.05) is 17.6 Å². The highest BCUT2D eigenvalue weighted by molar-refractivity contribution is 7.11. The van der Waals surface area contributed by atoms with Gasteiger partial charge in [-0.25, -0.2) is 4.98 Å². The lowest BCUT2D eigenvalue weighted by atomic mass is 9.98. The van der Waals surface area contributed by atoms with E-state index in [1.165, 1.54) is 9.88 Å². The predicted molar refractivity (Wildman–Crippen MR) is 68.8 cm³/mol. The maximum atomic E-state index is 4.42. The predicted octanol–water partition coefficient (Wildman–Crippen LogP) is 1.96. The first kappa shape index (κ1) is 12.0. The molecule has 0 aromatic carbocycles. The summed E-state index contributed by atoms with van der Waals surface area (Å²) < 4.78 is 0. The minimum Gasteiger partial charge on any atom is -0.316 e. The Kier molecular flexibility index (Phi) is 3.95. The van der Waals surface area contributed by atoms with Crippen LogP contribution in [0, 0.1) is 18.8 Å². The van der Waals surface area contributed by atoms with E-state index < -0.39 is 0 Å². The van der Waals surface area contributed by atoms with Crippen molar-refractivity contribution in [3.8, 4) is 0 Å². The molecule has 1 aromatic rings. The van der Waals surface area contributed by atoms with E-state index in [4.69, 9.17) is 0 Å². The zero-order valence-corrected chi connectivity index (χ0v) is 11.1. The van der Waals surface area contributed by atoms with Crippen LogP contribution in [-0.2, 0) is 0 Å². The van der Waals surface area contributed by atoms with Gasteiger partial charge in [-0.05, 0) is 38.8 Å². The second-order valence-corrected chi connectivity index (χ2v) is 6.10. The lowest BCUT2D eigenvalue weighted by Gasteiger charge is -2.18. The highest BCUT2D eigenvalue weighted by atomic mass is 32.1. The number of nitrogens with one attached hydrogen (secondary N) is 2. The summed E-state index contributed by atoms with van der Waals surface area (Å²) in [6, 6.07) is 0.381. The van der Waals surface area contributed by atoms with Gasteiger partial charge in [0.2, 0.25) is 0 Å². The summed E-state index contributed by atoms with van der Waals surface area (Å²) in [6.07, 6.45) is 1.96. The van der Waals surface area contributed by atoms with E-state index in [0.29, 0.717) is 6.04 Å². The highest BCUT2D eigenvalue weighted by Gasteiger charge is 2.23. The van der Waals surface area contributed by atoms with E-state index in [0.717, 1.165) is 31.5 Å². The third-order valence-electron chi connectivity index (χ3n) is 3.37. The fraction of sp³-hybridized carbons (Fsp3) is 0.750. The van der Waals surface area contributed by atoms with Crippen molar-refractivity contribution in [2.45, 2.75) is 26.8 Å². The van der Waals surface area contributed by atoms with Crippen molar-refractivity contribution in [1.29, 1.82) is 0 Å². The first-order chi connectivity index (χ1) is 7.66. The summed E-state index contributed by atoms with van der Waals surface area (Å²) in [6.45, 7) is 10.0. The Morgan fingerprint density at radius 2 is 2.44 bits per heavy atom. The Hall–Kier alpha value is -0.450. The fourth-order valence-electron chi connectivity index (χ4n) is 2.13. The lowest BCUT2D eigenvalue weighted by molar-refractivity contribution is 0.399. The Morgan fingerprint density at radius 1 is 1.62 bits per heavy atom. The van der Waals surface area contributed by atoms with Crippen LogP contribution in [0.2, 0.25) is 0 Å². The largest absolute Gasteiger partial charge is 0.316 e. The first-order valence-electron chi connectivity index (χ1n) is 6.03. The summed E-state index contributed by atoms with van der Waals surface area (Å²) in [5.41, 5.74) is 0. The van der Waals surface area contributed by atoms with Crippen LogP contribution in [0.15, 0.2) is 6.20 Å². The molecule has 0 amide bonds. The molecule has 2 rings (SSSR count). The summed E-state index contributed by atoms with van der Waals surface area (Å²) in [5.74, 6) is 1.56. The second kappa shape index (κ2) is 5.25. The number of hydrogen-bond donors (Lipinski definition) is 2. The molecule has 1 unspecified atom stereocenters. The van der Waals surface area contributed by atoms with E-state index >= 15 is 0 Å². The molecule has 1 aliphatic heterocycles. The van der Waals surface area contributed by atoms with Gasteiger partial charge in [-0.2, -0.15) is 0 Å².